The number of halogens is 1. The van der Waals surface area contributed by atoms with Crippen LogP contribution in [0.4, 0.5) is 4.39 Å². The molecular weight excluding hydrogens is 305 g/mol. The van der Waals surface area contributed by atoms with E-state index in [1.165, 1.54) is 12.1 Å². The van der Waals surface area contributed by atoms with E-state index in [2.05, 4.69) is 0 Å². The van der Waals surface area contributed by atoms with Crippen LogP contribution in [0.2, 0.25) is 0 Å². The molecule has 0 N–H and O–H groups in total. The second-order valence-corrected chi connectivity index (χ2v) is 8.92. The first-order valence-electron chi connectivity index (χ1n) is 7.62. The maximum Gasteiger partial charge on any atom is 0.253 e. The molecule has 3 rings (SSSR count). The molecule has 1 spiro atoms. The van der Waals surface area contributed by atoms with Crippen molar-refractivity contribution in [1.29, 1.82) is 0 Å². The largest absolute Gasteiger partial charge is 0.338 e. The van der Waals surface area contributed by atoms with Gasteiger partial charge in [-0.25, -0.2) is 12.8 Å². The van der Waals surface area contributed by atoms with Gasteiger partial charge in [-0.2, -0.15) is 0 Å². The molecule has 0 atom stereocenters. The van der Waals surface area contributed by atoms with Crippen molar-refractivity contribution in [3.05, 3.63) is 35.1 Å². The molecule has 0 aromatic heterocycles. The highest BCUT2D eigenvalue weighted by Crippen LogP contribution is 2.44. The zero-order valence-electron chi connectivity index (χ0n) is 12.6. The molecule has 1 aliphatic heterocycles. The minimum Gasteiger partial charge on any atom is -0.338 e. The monoisotopic (exact) mass is 325 g/mol. The third kappa shape index (κ3) is 2.53. The van der Waals surface area contributed by atoms with Gasteiger partial charge in [-0.3, -0.25) is 4.79 Å². The lowest BCUT2D eigenvalue weighted by Gasteiger charge is -2.39. The second-order valence-electron chi connectivity index (χ2n) is 6.41. The van der Waals surface area contributed by atoms with Gasteiger partial charge in [-0.05, 0) is 49.9 Å². The summed E-state index contributed by atoms with van der Waals surface area (Å²) >= 11 is 0. The first kappa shape index (κ1) is 15.5. The number of carbonyl (C=O) groups is 1. The standard InChI is InChI=1S/C16H20FNO3S/c1-12-9-13(11-14(17)10-12)15(19)18-6-5-16(3-2-4-16)22(20,21)8-7-18/h9-11H,2-8H2,1H3. The summed E-state index contributed by atoms with van der Waals surface area (Å²) in [5, 5.41) is 0. The maximum absolute atomic E-state index is 13.5. The normalized spacial score (nSPS) is 22.9. The van der Waals surface area contributed by atoms with Crippen LogP contribution in [-0.4, -0.2) is 42.8 Å². The molecule has 2 fully saturated rings. The number of amides is 1. The molecule has 1 aliphatic carbocycles. The lowest BCUT2D eigenvalue weighted by molar-refractivity contribution is 0.0758. The molecule has 1 aromatic rings. The van der Waals surface area contributed by atoms with E-state index >= 15 is 0 Å². The third-order valence-corrected chi connectivity index (χ3v) is 7.62. The minimum absolute atomic E-state index is 0.00698. The Bertz CT molecular complexity index is 690. The van der Waals surface area contributed by atoms with Crippen LogP contribution in [0.1, 0.15) is 41.6 Å². The number of aryl methyl sites for hydroxylation is 1. The van der Waals surface area contributed by atoms with Gasteiger partial charge >= 0.3 is 0 Å². The van der Waals surface area contributed by atoms with E-state index in [-0.39, 0.29) is 18.2 Å². The average Bonchev–Trinajstić information content (AvgIpc) is 2.52. The fourth-order valence-corrected chi connectivity index (χ4v) is 5.64. The summed E-state index contributed by atoms with van der Waals surface area (Å²) in [5.41, 5.74) is 0.973. The Labute approximate surface area is 130 Å². The zero-order valence-corrected chi connectivity index (χ0v) is 13.5. The van der Waals surface area contributed by atoms with Crippen LogP contribution in [0, 0.1) is 12.7 Å². The van der Waals surface area contributed by atoms with Crippen LogP contribution < -0.4 is 0 Å². The Morgan fingerprint density at radius 2 is 1.91 bits per heavy atom. The van der Waals surface area contributed by atoms with Gasteiger partial charge in [0.25, 0.3) is 5.91 Å². The number of hydrogen-bond acceptors (Lipinski definition) is 3. The van der Waals surface area contributed by atoms with E-state index < -0.39 is 20.4 Å². The Morgan fingerprint density at radius 3 is 2.50 bits per heavy atom. The van der Waals surface area contributed by atoms with Crippen LogP contribution in [-0.2, 0) is 9.84 Å². The van der Waals surface area contributed by atoms with Crippen molar-refractivity contribution in [2.75, 3.05) is 18.8 Å². The number of rotatable bonds is 1. The average molecular weight is 325 g/mol. The van der Waals surface area contributed by atoms with Crippen molar-refractivity contribution in [2.24, 2.45) is 0 Å². The fourth-order valence-electron chi connectivity index (χ4n) is 3.43. The smallest absolute Gasteiger partial charge is 0.253 e. The molecule has 1 heterocycles. The number of sulfone groups is 1. The molecule has 0 bridgehead atoms. The molecule has 2 aliphatic rings. The lowest BCUT2D eigenvalue weighted by Crippen LogP contribution is -2.46. The molecule has 1 saturated heterocycles. The highest BCUT2D eigenvalue weighted by Gasteiger charge is 2.49. The van der Waals surface area contributed by atoms with Gasteiger partial charge in [0.05, 0.1) is 10.5 Å². The summed E-state index contributed by atoms with van der Waals surface area (Å²) in [5.74, 6) is -0.719. The van der Waals surface area contributed by atoms with E-state index in [0.717, 1.165) is 6.42 Å². The quantitative estimate of drug-likeness (QED) is 0.796. The van der Waals surface area contributed by atoms with E-state index in [4.69, 9.17) is 0 Å². The van der Waals surface area contributed by atoms with Gasteiger partial charge in [0.1, 0.15) is 5.82 Å². The molecule has 6 heteroatoms. The van der Waals surface area contributed by atoms with Gasteiger partial charge < -0.3 is 4.90 Å². The van der Waals surface area contributed by atoms with Crippen molar-refractivity contribution in [3.8, 4) is 0 Å². The molecule has 120 valence electrons. The predicted molar refractivity (Wildman–Crippen MR) is 82.0 cm³/mol. The number of carbonyl (C=O) groups excluding carboxylic acids is 1. The minimum atomic E-state index is -3.16. The Hall–Kier alpha value is -1.43. The summed E-state index contributed by atoms with van der Waals surface area (Å²) in [4.78, 5) is 14.1. The van der Waals surface area contributed by atoms with E-state index in [1.807, 2.05) is 0 Å². The van der Waals surface area contributed by atoms with Crippen molar-refractivity contribution < 1.29 is 17.6 Å². The Balaban J connectivity index is 1.82. The lowest BCUT2D eigenvalue weighted by atomic mass is 9.81. The van der Waals surface area contributed by atoms with Crippen molar-refractivity contribution >= 4 is 15.7 Å². The first-order valence-corrected chi connectivity index (χ1v) is 9.27. The van der Waals surface area contributed by atoms with Crippen LogP contribution in [0.5, 0.6) is 0 Å². The summed E-state index contributed by atoms with van der Waals surface area (Å²) in [6.45, 7) is 2.35. The van der Waals surface area contributed by atoms with Crippen molar-refractivity contribution in [3.63, 3.8) is 0 Å². The topological polar surface area (TPSA) is 54.5 Å². The molecule has 0 radical (unpaired) electrons. The second kappa shape index (κ2) is 5.33. The SMILES string of the molecule is Cc1cc(F)cc(C(=O)N2CCC3(CCC3)S(=O)(=O)CC2)c1. The van der Waals surface area contributed by atoms with Gasteiger partial charge in [0, 0.05) is 18.7 Å². The summed E-state index contributed by atoms with van der Waals surface area (Å²) in [6, 6.07) is 4.23. The van der Waals surface area contributed by atoms with Crippen LogP contribution >= 0.6 is 0 Å². The van der Waals surface area contributed by atoms with Crippen molar-refractivity contribution in [2.45, 2.75) is 37.4 Å². The van der Waals surface area contributed by atoms with E-state index in [0.29, 0.717) is 36.9 Å². The molecule has 0 unspecified atom stereocenters. The third-order valence-electron chi connectivity index (χ3n) is 4.97. The molecule has 1 aromatic carbocycles. The Kier molecular flexibility index (Phi) is 3.75. The number of hydrogen-bond donors (Lipinski definition) is 0. The van der Waals surface area contributed by atoms with Gasteiger partial charge in [0.15, 0.2) is 9.84 Å². The van der Waals surface area contributed by atoms with Gasteiger partial charge in [0.2, 0.25) is 0 Å². The molecule has 1 saturated carbocycles. The first-order chi connectivity index (χ1) is 10.3. The number of nitrogens with zero attached hydrogens (tertiary/aromatic N) is 1. The summed E-state index contributed by atoms with van der Waals surface area (Å²) in [6.07, 6.45) is 2.85. The summed E-state index contributed by atoms with van der Waals surface area (Å²) in [7, 11) is -3.16. The fraction of sp³-hybridized carbons (Fsp3) is 0.562. The van der Waals surface area contributed by atoms with Gasteiger partial charge in [-0.1, -0.05) is 6.42 Å². The zero-order chi connectivity index (χ0) is 16.0. The molecule has 4 nitrogen and oxygen atoms in total. The predicted octanol–water partition coefficient (Wildman–Crippen LogP) is 2.32. The van der Waals surface area contributed by atoms with Gasteiger partial charge in [-0.15, -0.1) is 0 Å². The highest BCUT2D eigenvalue weighted by molar-refractivity contribution is 7.92. The van der Waals surface area contributed by atoms with Crippen LogP contribution in [0.15, 0.2) is 18.2 Å². The molecule has 22 heavy (non-hydrogen) atoms. The van der Waals surface area contributed by atoms with Crippen LogP contribution in [0.3, 0.4) is 0 Å². The van der Waals surface area contributed by atoms with Crippen molar-refractivity contribution in [1.82, 2.24) is 4.90 Å². The van der Waals surface area contributed by atoms with E-state index in [9.17, 15) is 17.6 Å². The number of benzene rings is 1. The summed E-state index contributed by atoms with van der Waals surface area (Å²) < 4.78 is 37.7. The molecular formula is C16H20FNO3S. The maximum atomic E-state index is 13.5. The van der Waals surface area contributed by atoms with E-state index in [1.54, 1.807) is 17.9 Å². The van der Waals surface area contributed by atoms with Crippen LogP contribution in [0.25, 0.3) is 0 Å². The highest BCUT2D eigenvalue weighted by atomic mass is 32.2. The molecule has 1 amide bonds. The Morgan fingerprint density at radius 1 is 1.18 bits per heavy atom.